The zero-order chi connectivity index (χ0) is 7.40. The summed E-state index contributed by atoms with van der Waals surface area (Å²) in [7, 11) is 2.51. The minimum Gasteiger partial charge on any atom is -0.394 e. The summed E-state index contributed by atoms with van der Waals surface area (Å²) in [5.74, 6) is 0. The first-order chi connectivity index (χ1) is 4.86. The lowest BCUT2D eigenvalue weighted by molar-refractivity contribution is -0.0262. The van der Waals surface area contributed by atoms with Gasteiger partial charge in [-0.25, -0.2) is 0 Å². The largest absolute Gasteiger partial charge is 0.394 e. The van der Waals surface area contributed by atoms with E-state index < -0.39 is 0 Å². The molecule has 10 heavy (non-hydrogen) atoms. The highest BCUT2D eigenvalue weighted by Gasteiger charge is 2.19. The Morgan fingerprint density at radius 1 is 1.70 bits per heavy atom. The highest BCUT2D eigenvalue weighted by molar-refractivity contribution is 7.56. The molecule has 2 N–H and O–H groups in total. The van der Waals surface area contributed by atoms with Crippen molar-refractivity contribution in [3.63, 3.8) is 0 Å². The maximum Gasteiger partial charge on any atom is 0.178 e. The molecule has 1 fully saturated rings. The molecule has 0 saturated carbocycles. The molecule has 1 unspecified atom stereocenters. The molecule has 0 bridgehead atoms. The van der Waals surface area contributed by atoms with Crippen LogP contribution in [-0.4, -0.2) is 43.9 Å². The predicted octanol–water partition coefficient (Wildman–Crippen LogP) is -1.21. The van der Waals surface area contributed by atoms with Crippen molar-refractivity contribution < 1.29 is 9.84 Å². The minimum atomic E-state index is -0.0319. The number of ether oxygens (including phenoxy) is 1. The molecule has 1 radical (unpaired) electrons. The monoisotopic (exact) mass is 160 g/mol. The molecule has 0 aliphatic carbocycles. The van der Waals surface area contributed by atoms with Gasteiger partial charge in [0.15, 0.2) is 7.00 Å². The molecule has 1 aliphatic rings. The van der Waals surface area contributed by atoms with Crippen LogP contribution < -0.4 is 5.32 Å². The number of aliphatic hydroxyl groups is 1. The standard InChI is InChI=1S/C5H12BNO2P/c8-3-4-1-7-2-5(6-10)9-4/h4-5,7-8H,1-3,10H2/t4-,5+/m0/s1. The van der Waals surface area contributed by atoms with Crippen LogP contribution in [-0.2, 0) is 4.74 Å². The van der Waals surface area contributed by atoms with E-state index in [1.165, 1.54) is 0 Å². The molecule has 3 atom stereocenters. The number of nitrogens with one attached hydrogen (secondary N) is 1. The van der Waals surface area contributed by atoms with Gasteiger partial charge in [0.05, 0.1) is 12.7 Å². The number of morpholine rings is 1. The van der Waals surface area contributed by atoms with Gasteiger partial charge in [-0.1, -0.05) is 0 Å². The quantitative estimate of drug-likeness (QED) is 0.393. The molecule has 1 heterocycles. The number of aliphatic hydroxyl groups excluding tert-OH is 1. The maximum absolute atomic E-state index is 8.72. The van der Waals surface area contributed by atoms with Gasteiger partial charge in [-0.3, -0.25) is 0 Å². The smallest absolute Gasteiger partial charge is 0.178 e. The second kappa shape index (κ2) is 4.29. The fourth-order valence-electron chi connectivity index (χ4n) is 0.951. The Bertz CT molecular complexity index is 95.6. The molecule has 1 rings (SSSR count). The van der Waals surface area contributed by atoms with E-state index in [4.69, 9.17) is 9.84 Å². The molecule has 0 amide bonds. The van der Waals surface area contributed by atoms with E-state index in [2.05, 4.69) is 14.4 Å². The van der Waals surface area contributed by atoms with Crippen LogP contribution in [0.5, 0.6) is 0 Å². The first-order valence-electron chi connectivity index (χ1n) is 3.39. The summed E-state index contributed by atoms with van der Waals surface area (Å²) in [6, 6.07) is 0.135. The topological polar surface area (TPSA) is 41.5 Å². The first kappa shape index (κ1) is 8.47. The van der Waals surface area contributed by atoms with Gasteiger partial charge < -0.3 is 15.2 Å². The zero-order valence-corrected chi connectivity index (χ0v) is 6.94. The molecule has 0 aromatic carbocycles. The Morgan fingerprint density at radius 2 is 2.50 bits per heavy atom. The van der Waals surface area contributed by atoms with Gasteiger partial charge in [0.25, 0.3) is 0 Å². The van der Waals surface area contributed by atoms with Crippen LogP contribution in [0.1, 0.15) is 0 Å². The van der Waals surface area contributed by atoms with Crippen LogP contribution >= 0.6 is 9.12 Å². The van der Waals surface area contributed by atoms with Gasteiger partial charge >= 0.3 is 0 Å². The highest BCUT2D eigenvalue weighted by atomic mass is 31.0. The van der Waals surface area contributed by atoms with Crippen LogP contribution in [0, 0.1) is 0 Å². The van der Waals surface area contributed by atoms with E-state index in [1.54, 1.807) is 0 Å². The van der Waals surface area contributed by atoms with Gasteiger partial charge in [-0.05, 0) is 0 Å². The van der Waals surface area contributed by atoms with E-state index in [0.717, 1.165) is 13.1 Å². The average molecular weight is 160 g/mol. The Balaban J connectivity index is 2.25. The van der Waals surface area contributed by atoms with Gasteiger partial charge in [-0.2, -0.15) is 9.12 Å². The van der Waals surface area contributed by atoms with Gasteiger partial charge in [0, 0.05) is 19.1 Å². The highest BCUT2D eigenvalue weighted by Crippen LogP contribution is 2.03. The van der Waals surface area contributed by atoms with Gasteiger partial charge in [-0.15, -0.1) is 0 Å². The fourth-order valence-corrected chi connectivity index (χ4v) is 1.18. The molecular formula is C5H12BNO2P. The lowest BCUT2D eigenvalue weighted by Gasteiger charge is -2.28. The maximum atomic E-state index is 8.72. The van der Waals surface area contributed by atoms with Crippen molar-refractivity contribution in [3.8, 4) is 0 Å². The van der Waals surface area contributed by atoms with E-state index >= 15 is 0 Å². The summed E-state index contributed by atoms with van der Waals surface area (Å²) in [6.45, 7) is 3.61. The lowest BCUT2D eigenvalue weighted by Crippen LogP contribution is -2.47. The molecule has 1 aliphatic heterocycles. The Hall–Kier alpha value is 0.375. The molecule has 3 nitrogen and oxygen atoms in total. The number of hydrogen-bond acceptors (Lipinski definition) is 3. The summed E-state index contributed by atoms with van der Waals surface area (Å²) in [5, 5.41) is 11.9. The van der Waals surface area contributed by atoms with Crippen LogP contribution in [0.15, 0.2) is 0 Å². The normalized spacial score (nSPS) is 33.8. The number of rotatable bonds is 2. The summed E-state index contributed by atoms with van der Waals surface area (Å²) in [5.41, 5.74) is 0. The third-order valence-corrected chi connectivity index (χ3v) is 1.93. The van der Waals surface area contributed by atoms with E-state index in [0.29, 0.717) is 0 Å². The van der Waals surface area contributed by atoms with E-state index in [-0.39, 0.29) is 18.7 Å². The van der Waals surface area contributed by atoms with Gasteiger partial charge in [0.2, 0.25) is 0 Å². The first-order valence-corrected chi connectivity index (χ1v) is 4.05. The van der Waals surface area contributed by atoms with Crippen molar-refractivity contribution >= 4 is 16.1 Å². The average Bonchev–Trinajstić information content (AvgIpc) is 2.05. The fraction of sp³-hybridized carbons (Fsp3) is 1.00. The lowest BCUT2D eigenvalue weighted by atomic mass is 9.96. The van der Waals surface area contributed by atoms with Crippen molar-refractivity contribution in [2.24, 2.45) is 0 Å². The van der Waals surface area contributed by atoms with Crippen LogP contribution in [0.4, 0.5) is 0 Å². The third kappa shape index (κ3) is 2.20. The van der Waals surface area contributed by atoms with Crippen LogP contribution in [0.2, 0.25) is 0 Å². The molecule has 1 saturated heterocycles. The van der Waals surface area contributed by atoms with Crippen molar-refractivity contribution in [3.05, 3.63) is 0 Å². The van der Waals surface area contributed by atoms with Crippen LogP contribution in [0.25, 0.3) is 0 Å². The van der Waals surface area contributed by atoms with Gasteiger partial charge in [0.1, 0.15) is 0 Å². The summed E-state index contributed by atoms with van der Waals surface area (Å²) in [4.78, 5) is 0. The van der Waals surface area contributed by atoms with E-state index in [9.17, 15) is 0 Å². The minimum absolute atomic E-state index is 0.0319. The predicted molar refractivity (Wildman–Crippen MR) is 44.1 cm³/mol. The van der Waals surface area contributed by atoms with Crippen molar-refractivity contribution in [2.75, 3.05) is 19.7 Å². The Morgan fingerprint density at radius 3 is 3.10 bits per heavy atom. The molecule has 0 aromatic heterocycles. The summed E-state index contributed by atoms with van der Waals surface area (Å²) < 4.78 is 5.40. The van der Waals surface area contributed by atoms with Crippen LogP contribution in [0.3, 0.4) is 0 Å². The molecular weight excluding hydrogens is 148 g/mol. The summed E-state index contributed by atoms with van der Waals surface area (Å²) in [6.07, 6.45) is -0.0319. The second-order valence-corrected chi connectivity index (χ2v) is 2.71. The molecule has 0 aromatic rings. The second-order valence-electron chi connectivity index (χ2n) is 2.33. The zero-order valence-electron chi connectivity index (χ0n) is 5.79. The van der Waals surface area contributed by atoms with Crippen molar-refractivity contribution in [1.29, 1.82) is 0 Å². The molecule has 0 spiro atoms. The Labute approximate surface area is 63.9 Å². The number of hydrogen-bond donors (Lipinski definition) is 2. The molecule has 5 heteroatoms. The third-order valence-electron chi connectivity index (χ3n) is 1.50. The van der Waals surface area contributed by atoms with E-state index in [1.807, 2.05) is 7.00 Å². The SMILES string of the molecule is OC[C@@H]1CNC[C@H]([B]P)O1. The molecule has 57 valence electrons. The summed E-state index contributed by atoms with van der Waals surface area (Å²) >= 11 is 0. The van der Waals surface area contributed by atoms with Crippen molar-refractivity contribution in [1.82, 2.24) is 5.32 Å². The van der Waals surface area contributed by atoms with Crippen molar-refractivity contribution in [2.45, 2.75) is 12.1 Å². The Kier molecular flexibility index (Phi) is 3.64.